The number of carbonyl (C=O) groups is 2. The van der Waals surface area contributed by atoms with Gasteiger partial charge in [0.25, 0.3) is 5.91 Å². The molecule has 3 aromatic rings. The van der Waals surface area contributed by atoms with Crippen LogP contribution in [0.25, 0.3) is 10.9 Å². The van der Waals surface area contributed by atoms with E-state index in [0.717, 1.165) is 59.2 Å². The monoisotopic (exact) mass is 474 g/mol. The van der Waals surface area contributed by atoms with Gasteiger partial charge in [-0.2, -0.15) is 0 Å². The standard InChI is InChI=1S/C29H34N2O4/c1-5-29(2,3)20-12-15-25-23(16-20)27(22-8-6-7-9-24(22)31-25)28(33)35-18-26(32)30-17-19-10-13-21(34-4)14-11-19/h6-11,13-14,20H,5,12,15-18H2,1-4H3,(H,30,32). The molecule has 0 bridgehead atoms. The van der Waals surface area contributed by atoms with E-state index in [4.69, 9.17) is 14.5 Å². The van der Waals surface area contributed by atoms with Crippen LogP contribution in [-0.4, -0.2) is 30.6 Å². The lowest BCUT2D eigenvalue weighted by atomic mass is 9.68. The molecule has 4 rings (SSSR count). The summed E-state index contributed by atoms with van der Waals surface area (Å²) in [5, 5.41) is 3.59. The lowest BCUT2D eigenvalue weighted by Crippen LogP contribution is -2.31. The Labute approximate surface area is 207 Å². The molecule has 1 aliphatic rings. The number of aromatic nitrogens is 1. The number of rotatable bonds is 8. The van der Waals surface area contributed by atoms with Crippen molar-refractivity contribution in [3.05, 3.63) is 70.9 Å². The normalized spacial score (nSPS) is 15.4. The fraction of sp³-hybridized carbons (Fsp3) is 0.414. The van der Waals surface area contributed by atoms with E-state index in [2.05, 4.69) is 26.1 Å². The minimum absolute atomic E-state index is 0.172. The van der Waals surface area contributed by atoms with Gasteiger partial charge >= 0.3 is 5.97 Å². The smallest absolute Gasteiger partial charge is 0.339 e. The number of amides is 1. The highest BCUT2D eigenvalue weighted by Gasteiger charge is 2.34. The number of pyridine rings is 1. The van der Waals surface area contributed by atoms with Crippen LogP contribution < -0.4 is 10.1 Å². The fourth-order valence-corrected chi connectivity index (χ4v) is 4.78. The van der Waals surface area contributed by atoms with Gasteiger partial charge in [-0.1, -0.05) is 57.5 Å². The molecule has 35 heavy (non-hydrogen) atoms. The molecule has 1 amide bonds. The predicted molar refractivity (Wildman–Crippen MR) is 136 cm³/mol. The number of nitrogens with one attached hydrogen (secondary N) is 1. The summed E-state index contributed by atoms with van der Waals surface area (Å²) < 4.78 is 10.7. The molecule has 1 atom stereocenters. The molecule has 184 valence electrons. The molecule has 1 aliphatic carbocycles. The number of hydrogen-bond acceptors (Lipinski definition) is 5. The second-order valence-corrected chi connectivity index (χ2v) is 9.91. The molecule has 0 saturated carbocycles. The number of ether oxygens (including phenoxy) is 2. The molecule has 1 N–H and O–H groups in total. The summed E-state index contributed by atoms with van der Waals surface area (Å²) in [6.07, 6.45) is 3.77. The molecule has 1 heterocycles. The third-order valence-corrected chi connectivity index (χ3v) is 7.46. The zero-order chi connectivity index (χ0) is 25.0. The van der Waals surface area contributed by atoms with E-state index in [0.29, 0.717) is 18.0 Å². The van der Waals surface area contributed by atoms with E-state index in [1.54, 1.807) is 7.11 Å². The molecule has 1 unspecified atom stereocenters. The molecule has 0 spiro atoms. The highest BCUT2D eigenvalue weighted by atomic mass is 16.5. The summed E-state index contributed by atoms with van der Waals surface area (Å²) >= 11 is 0. The molecule has 0 aliphatic heterocycles. The minimum atomic E-state index is -0.464. The molecule has 0 radical (unpaired) electrons. The number of para-hydroxylation sites is 1. The van der Waals surface area contributed by atoms with Crippen LogP contribution in [0.2, 0.25) is 0 Å². The van der Waals surface area contributed by atoms with Crippen molar-refractivity contribution in [1.82, 2.24) is 10.3 Å². The van der Waals surface area contributed by atoms with Gasteiger partial charge in [-0.15, -0.1) is 0 Å². The summed E-state index contributed by atoms with van der Waals surface area (Å²) in [5.41, 5.74) is 4.41. The highest BCUT2D eigenvalue weighted by Crippen LogP contribution is 2.41. The minimum Gasteiger partial charge on any atom is -0.497 e. The summed E-state index contributed by atoms with van der Waals surface area (Å²) in [6, 6.07) is 15.1. The number of nitrogens with zero attached hydrogens (tertiary/aromatic N) is 1. The van der Waals surface area contributed by atoms with Gasteiger partial charge in [-0.3, -0.25) is 9.78 Å². The summed E-state index contributed by atoms with van der Waals surface area (Å²) in [4.78, 5) is 30.7. The van der Waals surface area contributed by atoms with Crippen LogP contribution in [0.15, 0.2) is 48.5 Å². The predicted octanol–water partition coefficient (Wildman–Crippen LogP) is 5.26. The number of hydrogen-bond donors (Lipinski definition) is 1. The van der Waals surface area contributed by atoms with Gasteiger partial charge in [0, 0.05) is 17.6 Å². The van der Waals surface area contributed by atoms with Crippen LogP contribution in [0.3, 0.4) is 0 Å². The largest absolute Gasteiger partial charge is 0.497 e. The summed E-state index contributed by atoms with van der Waals surface area (Å²) in [5.74, 6) is 0.412. The van der Waals surface area contributed by atoms with Crippen molar-refractivity contribution in [2.24, 2.45) is 11.3 Å². The van der Waals surface area contributed by atoms with Gasteiger partial charge in [-0.05, 0) is 59.9 Å². The van der Waals surface area contributed by atoms with Crippen LogP contribution >= 0.6 is 0 Å². The summed E-state index contributed by atoms with van der Waals surface area (Å²) in [6.45, 7) is 6.82. The van der Waals surface area contributed by atoms with Crippen molar-refractivity contribution < 1.29 is 19.1 Å². The Kier molecular flexibility index (Phi) is 7.39. The van der Waals surface area contributed by atoms with E-state index in [-0.39, 0.29) is 17.9 Å². The summed E-state index contributed by atoms with van der Waals surface area (Å²) in [7, 11) is 1.61. The Morgan fingerprint density at radius 2 is 1.86 bits per heavy atom. The number of carbonyl (C=O) groups excluding carboxylic acids is 2. The Hall–Kier alpha value is -3.41. The Morgan fingerprint density at radius 3 is 2.57 bits per heavy atom. The van der Waals surface area contributed by atoms with Crippen LogP contribution in [0, 0.1) is 11.3 Å². The van der Waals surface area contributed by atoms with E-state index in [1.807, 2.05) is 48.5 Å². The molecular weight excluding hydrogens is 440 g/mol. The maximum atomic E-state index is 13.4. The SMILES string of the molecule is CCC(C)(C)C1CCc2nc3ccccc3c(C(=O)OCC(=O)NCc3ccc(OC)cc3)c2C1. The fourth-order valence-electron chi connectivity index (χ4n) is 4.78. The first-order valence-corrected chi connectivity index (χ1v) is 12.3. The lowest BCUT2D eigenvalue weighted by Gasteiger charge is -2.37. The average Bonchev–Trinajstić information content (AvgIpc) is 2.89. The third-order valence-electron chi connectivity index (χ3n) is 7.46. The van der Waals surface area contributed by atoms with Crippen molar-refractivity contribution in [3.63, 3.8) is 0 Å². The first-order valence-electron chi connectivity index (χ1n) is 12.3. The van der Waals surface area contributed by atoms with Gasteiger partial charge in [0.15, 0.2) is 6.61 Å². The maximum Gasteiger partial charge on any atom is 0.339 e. The van der Waals surface area contributed by atoms with Crippen molar-refractivity contribution in [2.75, 3.05) is 13.7 Å². The average molecular weight is 475 g/mol. The Balaban J connectivity index is 1.50. The van der Waals surface area contributed by atoms with E-state index in [1.165, 1.54) is 0 Å². The number of esters is 1. The molecule has 0 saturated heterocycles. The number of benzene rings is 2. The second-order valence-electron chi connectivity index (χ2n) is 9.91. The first kappa shape index (κ1) is 24.7. The quantitative estimate of drug-likeness (QED) is 0.451. The van der Waals surface area contributed by atoms with Crippen LogP contribution in [0.5, 0.6) is 5.75 Å². The topological polar surface area (TPSA) is 77.5 Å². The number of fused-ring (bicyclic) bond motifs is 2. The molecular formula is C29H34N2O4. The number of methoxy groups -OCH3 is 1. The van der Waals surface area contributed by atoms with Crippen molar-refractivity contribution in [2.45, 2.75) is 53.0 Å². The number of aryl methyl sites for hydroxylation is 1. The van der Waals surface area contributed by atoms with E-state index >= 15 is 0 Å². The van der Waals surface area contributed by atoms with Crippen molar-refractivity contribution in [1.29, 1.82) is 0 Å². The third kappa shape index (κ3) is 5.47. The van der Waals surface area contributed by atoms with Gasteiger partial charge in [0.05, 0.1) is 18.2 Å². The Morgan fingerprint density at radius 1 is 1.11 bits per heavy atom. The first-order chi connectivity index (χ1) is 16.8. The molecule has 6 nitrogen and oxygen atoms in total. The van der Waals surface area contributed by atoms with Gasteiger partial charge < -0.3 is 14.8 Å². The van der Waals surface area contributed by atoms with Crippen molar-refractivity contribution in [3.8, 4) is 5.75 Å². The van der Waals surface area contributed by atoms with Crippen molar-refractivity contribution >= 4 is 22.8 Å². The highest BCUT2D eigenvalue weighted by molar-refractivity contribution is 6.05. The van der Waals surface area contributed by atoms with Gasteiger partial charge in [0.1, 0.15) is 5.75 Å². The van der Waals surface area contributed by atoms with Gasteiger partial charge in [-0.25, -0.2) is 4.79 Å². The van der Waals surface area contributed by atoms with Crippen LogP contribution in [-0.2, 0) is 28.9 Å². The van der Waals surface area contributed by atoms with Crippen LogP contribution in [0.4, 0.5) is 0 Å². The van der Waals surface area contributed by atoms with E-state index < -0.39 is 5.97 Å². The zero-order valence-electron chi connectivity index (χ0n) is 21.0. The molecule has 0 fully saturated rings. The van der Waals surface area contributed by atoms with E-state index in [9.17, 15) is 9.59 Å². The zero-order valence-corrected chi connectivity index (χ0v) is 21.0. The molecule has 2 aromatic carbocycles. The lowest BCUT2D eigenvalue weighted by molar-refractivity contribution is -0.124. The molecule has 6 heteroatoms. The van der Waals surface area contributed by atoms with Crippen LogP contribution in [0.1, 0.15) is 60.8 Å². The second kappa shape index (κ2) is 10.5. The Bertz CT molecular complexity index is 1220. The maximum absolute atomic E-state index is 13.4. The van der Waals surface area contributed by atoms with Gasteiger partial charge in [0.2, 0.25) is 0 Å². The molecule has 1 aromatic heterocycles.